The number of rotatable bonds is 7. The fourth-order valence-corrected chi connectivity index (χ4v) is 3.07. The van der Waals surface area contributed by atoms with Crippen molar-refractivity contribution in [3.63, 3.8) is 0 Å². The lowest BCUT2D eigenvalue weighted by Gasteiger charge is -2.34. The molecule has 1 saturated heterocycles. The number of hydrogen-bond acceptors (Lipinski definition) is 3. The van der Waals surface area contributed by atoms with Crippen LogP contribution in [0.5, 0.6) is 0 Å². The molecule has 1 aliphatic heterocycles. The second-order valence-corrected chi connectivity index (χ2v) is 7.41. The summed E-state index contributed by atoms with van der Waals surface area (Å²) in [5.74, 6) is 0.815. The summed E-state index contributed by atoms with van der Waals surface area (Å²) < 4.78 is 11.3. The van der Waals surface area contributed by atoms with Crippen molar-refractivity contribution in [1.29, 1.82) is 0 Å². The van der Waals surface area contributed by atoms with Gasteiger partial charge in [0.15, 0.2) is 0 Å². The molecule has 0 aromatic heterocycles. The van der Waals surface area contributed by atoms with Crippen LogP contribution in [0.15, 0.2) is 0 Å². The summed E-state index contributed by atoms with van der Waals surface area (Å²) in [7, 11) is -0.682. The smallest absolute Gasteiger partial charge is 0.0329 e. The largest absolute Gasteiger partial charge is 0.314 e. The molecule has 1 N–H and O–H groups in total. The second-order valence-electron chi connectivity index (χ2n) is 5.61. The summed E-state index contributed by atoms with van der Waals surface area (Å²) in [5, 5.41) is 3.93. The van der Waals surface area contributed by atoms with Crippen LogP contribution in [0.25, 0.3) is 0 Å². The van der Waals surface area contributed by atoms with E-state index in [9.17, 15) is 4.21 Å². The minimum Gasteiger partial charge on any atom is -0.314 e. The molecule has 1 fully saturated rings. The first kappa shape index (κ1) is 16.1. The zero-order chi connectivity index (χ0) is 13.5. The molecular weight excluding hydrogens is 244 g/mol. The van der Waals surface area contributed by atoms with E-state index in [0.29, 0.717) is 11.3 Å². The van der Waals surface area contributed by atoms with Crippen LogP contribution in [0.3, 0.4) is 0 Å². The number of nitrogens with zero attached hydrogens (tertiary/aromatic N) is 1. The van der Waals surface area contributed by atoms with Gasteiger partial charge in [-0.05, 0) is 58.3 Å². The third-order valence-corrected chi connectivity index (χ3v) is 5.74. The Hall–Kier alpha value is 0.0700. The average Bonchev–Trinajstić information content (AvgIpc) is 2.38. The fourth-order valence-electron chi connectivity index (χ4n) is 2.62. The van der Waals surface area contributed by atoms with Gasteiger partial charge < -0.3 is 10.2 Å². The van der Waals surface area contributed by atoms with Crippen LogP contribution >= 0.6 is 0 Å². The molecule has 1 aliphatic rings. The Labute approximate surface area is 115 Å². The van der Waals surface area contributed by atoms with Crippen LogP contribution in [0.2, 0.25) is 0 Å². The lowest BCUT2D eigenvalue weighted by Crippen LogP contribution is -2.42. The van der Waals surface area contributed by atoms with Gasteiger partial charge >= 0.3 is 0 Å². The van der Waals surface area contributed by atoms with Crippen molar-refractivity contribution in [2.45, 2.75) is 51.3 Å². The van der Waals surface area contributed by atoms with E-state index >= 15 is 0 Å². The lowest BCUT2D eigenvalue weighted by atomic mass is 9.90. The van der Waals surface area contributed by atoms with E-state index in [0.717, 1.165) is 18.9 Å². The first-order valence-electron chi connectivity index (χ1n) is 7.32. The molecule has 0 aromatic carbocycles. The van der Waals surface area contributed by atoms with Crippen molar-refractivity contribution < 1.29 is 4.21 Å². The normalized spacial score (nSPS) is 23.8. The molecule has 0 saturated carbocycles. The van der Waals surface area contributed by atoms with Gasteiger partial charge in [0.05, 0.1) is 0 Å². The molecular formula is C14H30N2OS. The predicted molar refractivity (Wildman–Crippen MR) is 80.4 cm³/mol. The van der Waals surface area contributed by atoms with Crippen molar-refractivity contribution in [2.24, 2.45) is 5.92 Å². The van der Waals surface area contributed by atoms with Gasteiger partial charge in [-0.2, -0.15) is 0 Å². The zero-order valence-electron chi connectivity index (χ0n) is 12.4. The van der Waals surface area contributed by atoms with E-state index in [4.69, 9.17) is 0 Å². The summed E-state index contributed by atoms with van der Waals surface area (Å²) in [6.45, 7) is 11.3. The second kappa shape index (κ2) is 8.28. The van der Waals surface area contributed by atoms with Crippen LogP contribution in [0, 0.1) is 5.92 Å². The maximum absolute atomic E-state index is 11.3. The highest BCUT2D eigenvalue weighted by Gasteiger charge is 2.22. The molecule has 18 heavy (non-hydrogen) atoms. The quantitative estimate of drug-likeness (QED) is 0.769. The van der Waals surface area contributed by atoms with E-state index < -0.39 is 10.8 Å². The summed E-state index contributed by atoms with van der Waals surface area (Å²) in [4.78, 5) is 2.53. The van der Waals surface area contributed by atoms with Crippen LogP contribution < -0.4 is 5.32 Å². The van der Waals surface area contributed by atoms with Gasteiger partial charge in [-0.1, -0.05) is 13.8 Å². The van der Waals surface area contributed by atoms with Crippen LogP contribution in [-0.2, 0) is 10.8 Å². The van der Waals surface area contributed by atoms with Crippen LogP contribution in [0.4, 0.5) is 0 Å². The molecule has 3 atom stereocenters. The highest BCUT2D eigenvalue weighted by atomic mass is 32.2. The third kappa shape index (κ3) is 5.37. The van der Waals surface area contributed by atoms with Gasteiger partial charge in [0.2, 0.25) is 0 Å². The highest BCUT2D eigenvalue weighted by molar-refractivity contribution is 7.84. The van der Waals surface area contributed by atoms with E-state index in [1.807, 2.05) is 0 Å². The SMILES string of the molecule is CCN1CCC(C(C)NCCC(C)S(C)=O)CC1. The molecule has 0 spiro atoms. The van der Waals surface area contributed by atoms with E-state index in [2.05, 4.69) is 31.0 Å². The fraction of sp³-hybridized carbons (Fsp3) is 1.00. The maximum atomic E-state index is 11.3. The van der Waals surface area contributed by atoms with Gasteiger partial charge in [-0.15, -0.1) is 0 Å². The molecule has 0 aliphatic carbocycles. The number of hydrogen-bond donors (Lipinski definition) is 1. The van der Waals surface area contributed by atoms with E-state index in [-0.39, 0.29) is 0 Å². The molecule has 4 heteroatoms. The van der Waals surface area contributed by atoms with Gasteiger partial charge in [-0.3, -0.25) is 4.21 Å². The Bertz CT molecular complexity index is 252. The Morgan fingerprint density at radius 3 is 2.44 bits per heavy atom. The summed E-state index contributed by atoms with van der Waals surface area (Å²) in [5.41, 5.74) is 0. The van der Waals surface area contributed by atoms with E-state index in [1.54, 1.807) is 6.26 Å². The Morgan fingerprint density at radius 2 is 1.94 bits per heavy atom. The summed E-state index contributed by atoms with van der Waals surface area (Å²) >= 11 is 0. The summed E-state index contributed by atoms with van der Waals surface area (Å²) in [6.07, 6.45) is 5.45. The zero-order valence-corrected chi connectivity index (χ0v) is 13.3. The van der Waals surface area contributed by atoms with Crippen molar-refractivity contribution >= 4 is 10.8 Å². The van der Waals surface area contributed by atoms with E-state index in [1.165, 1.54) is 32.5 Å². The molecule has 0 bridgehead atoms. The molecule has 3 nitrogen and oxygen atoms in total. The van der Waals surface area contributed by atoms with Crippen LogP contribution in [0.1, 0.15) is 40.0 Å². The lowest BCUT2D eigenvalue weighted by molar-refractivity contribution is 0.169. The van der Waals surface area contributed by atoms with Crippen LogP contribution in [-0.4, -0.2) is 52.8 Å². The first-order chi connectivity index (χ1) is 8.54. The Balaban J connectivity index is 2.17. The number of likely N-dealkylation sites (tertiary alicyclic amines) is 1. The monoisotopic (exact) mass is 274 g/mol. The highest BCUT2D eigenvalue weighted by Crippen LogP contribution is 2.20. The minimum absolute atomic E-state index is 0.312. The van der Waals surface area contributed by atoms with Gasteiger partial charge in [-0.25, -0.2) is 0 Å². The van der Waals surface area contributed by atoms with Gasteiger partial charge in [0.1, 0.15) is 0 Å². The topological polar surface area (TPSA) is 32.3 Å². The standard InChI is InChI=1S/C14H30N2OS/c1-5-16-10-7-14(8-11-16)13(3)15-9-6-12(2)18(4)17/h12-15H,5-11H2,1-4H3. The number of nitrogens with one attached hydrogen (secondary N) is 1. The van der Waals surface area contributed by atoms with Crippen molar-refractivity contribution in [2.75, 3.05) is 32.4 Å². The third-order valence-electron chi connectivity index (χ3n) is 4.37. The predicted octanol–water partition coefficient (Wildman–Crippen LogP) is 1.85. The Morgan fingerprint density at radius 1 is 1.33 bits per heavy atom. The Kier molecular flexibility index (Phi) is 7.42. The molecule has 0 aromatic rings. The number of piperidine rings is 1. The molecule has 0 radical (unpaired) electrons. The maximum Gasteiger partial charge on any atom is 0.0329 e. The van der Waals surface area contributed by atoms with Crippen molar-refractivity contribution in [1.82, 2.24) is 10.2 Å². The summed E-state index contributed by atoms with van der Waals surface area (Å²) in [6, 6.07) is 0.599. The van der Waals surface area contributed by atoms with Gasteiger partial charge in [0.25, 0.3) is 0 Å². The molecule has 1 rings (SSSR count). The average molecular weight is 274 g/mol. The molecule has 1 heterocycles. The molecule has 0 amide bonds. The van der Waals surface area contributed by atoms with Crippen molar-refractivity contribution in [3.8, 4) is 0 Å². The molecule has 3 unspecified atom stereocenters. The van der Waals surface area contributed by atoms with Crippen molar-refractivity contribution in [3.05, 3.63) is 0 Å². The van der Waals surface area contributed by atoms with Gasteiger partial charge in [0, 0.05) is 28.3 Å². The molecule has 108 valence electrons. The first-order valence-corrected chi connectivity index (χ1v) is 8.94. The minimum atomic E-state index is -0.682.